The first-order chi connectivity index (χ1) is 22.2. The molecule has 46 heavy (non-hydrogen) atoms. The summed E-state index contributed by atoms with van der Waals surface area (Å²) in [5.41, 5.74) is 5.18. The standard InChI is InChI=1S/C37H29Cl2NO6/c1-2-3-5-8-24-11-13-26(14-12-24)32-21-27(15-18-30(32)25-9-6-4-7-10-25)36(41)45-28-16-19-31(33(38)22-28)37(42)46-29-17-20-35(40(43)44)34(39)23-29/h4,6-7,9-23H,2-3,5,8H2,1H3. The average Bonchev–Trinajstić information content (AvgIpc) is 3.05. The fourth-order valence-electron chi connectivity index (χ4n) is 4.96. The fourth-order valence-corrected chi connectivity index (χ4v) is 5.45. The molecule has 0 bridgehead atoms. The molecular formula is C37H29Cl2NO6. The highest BCUT2D eigenvalue weighted by atomic mass is 35.5. The molecule has 5 rings (SSSR count). The summed E-state index contributed by atoms with van der Waals surface area (Å²) in [5.74, 6) is -1.27. The van der Waals surface area contributed by atoms with Crippen molar-refractivity contribution < 1.29 is 24.0 Å². The molecule has 0 aliphatic rings. The molecule has 0 aliphatic heterocycles. The fraction of sp³-hybridized carbons (Fsp3) is 0.135. The molecule has 0 radical (unpaired) electrons. The highest BCUT2D eigenvalue weighted by Gasteiger charge is 2.19. The molecule has 0 heterocycles. The monoisotopic (exact) mass is 653 g/mol. The van der Waals surface area contributed by atoms with Gasteiger partial charge in [-0.05, 0) is 71.0 Å². The van der Waals surface area contributed by atoms with Gasteiger partial charge < -0.3 is 9.47 Å². The van der Waals surface area contributed by atoms with Gasteiger partial charge >= 0.3 is 11.9 Å². The molecule has 0 saturated heterocycles. The van der Waals surface area contributed by atoms with Crippen molar-refractivity contribution in [2.24, 2.45) is 0 Å². The van der Waals surface area contributed by atoms with Gasteiger partial charge in [-0.2, -0.15) is 0 Å². The minimum atomic E-state index is -0.815. The SMILES string of the molecule is CCCCCc1ccc(-c2cc(C(=O)Oc3ccc(C(=O)Oc4ccc([N+](=O)[O-])c(Cl)c4)c(Cl)c3)ccc2-c2ccccc2)cc1. The van der Waals surface area contributed by atoms with E-state index >= 15 is 0 Å². The summed E-state index contributed by atoms with van der Waals surface area (Å²) >= 11 is 12.3. The van der Waals surface area contributed by atoms with Gasteiger partial charge in [-0.25, -0.2) is 9.59 Å². The van der Waals surface area contributed by atoms with Gasteiger partial charge in [0.15, 0.2) is 0 Å². The molecule has 0 aromatic heterocycles. The minimum Gasteiger partial charge on any atom is -0.423 e. The third-order valence-corrected chi connectivity index (χ3v) is 7.99. The Kier molecular flexibility index (Phi) is 10.5. The first-order valence-corrected chi connectivity index (χ1v) is 15.5. The highest BCUT2D eigenvalue weighted by Crippen LogP contribution is 2.34. The number of carbonyl (C=O) groups is 2. The quantitative estimate of drug-likeness (QED) is 0.0462. The van der Waals surface area contributed by atoms with Gasteiger partial charge in [-0.1, -0.05) is 104 Å². The van der Waals surface area contributed by atoms with Crippen molar-refractivity contribution in [1.29, 1.82) is 0 Å². The van der Waals surface area contributed by atoms with E-state index in [1.54, 1.807) is 6.07 Å². The van der Waals surface area contributed by atoms with Crippen LogP contribution in [0.3, 0.4) is 0 Å². The van der Waals surface area contributed by atoms with Gasteiger partial charge in [0.25, 0.3) is 5.69 Å². The van der Waals surface area contributed by atoms with Crippen LogP contribution in [0.1, 0.15) is 52.5 Å². The van der Waals surface area contributed by atoms with Crippen molar-refractivity contribution in [3.63, 3.8) is 0 Å². The summed E-state index contributed by atoms with van der Waals surface area (Å²) in [5, 5.41) is 10.8. The minimum absolute atomic E-state index is 0.00332. The lowest BCUT2D eigenvalue weighted by Crippen LogP contribution is -2.11. The zero-order valence-corrected chi connectivity index (χ0v) is 26.4. The molecule has 0 unspecified atom stereocenters. The summed E-state index contributed by atoms with van der Waals surface area (Å²) in [7, 11) is 0. The van der Waals surface area contributed by atoms with Crippen molar-refractivity contribution in [2.75, 3.05) is 0 Å². The number of carbonyl (C=O) groups excluding carboxylic acids is 2. The van der Waals surface area contributed by atoms with E-state index in [4.69, 9.17) is 32.7 Å². The van der Waals surface area contributed by atoms with Crippen LogP contribution < -0.4 is 9.47 Å². The van der Waals surface area contributed by atoms with E-state index in [-0.39, 0.29) is 32.8 Å². The predicted octanol–water partition coefficient (Wildman–Crippen LogP) is 10.4. The van der Waals surface area contributed by atoms with Crippen molar-refractivity contribution in [1.82, 2.24) is 0 Å². The number of hydrogen-bond acceptors (Lipinski definition) is 6. The number of benzene rings is 5. The zero-order chi connectivity index (χ0) is 32.6. The lowest BCUT2D eigenvalue weighted by Gasteiger charge is -2.14. The number of nitrogens with zero attached hydrogens (tertiary/aromatic N) is 1. The van der Waals surface area contributed by atoms with Gasteiger partial charge in [0.2, 0.25) is 0 Å². The van der Waals surface area contributed by atoms with Crippen LogP contribution in [-0.4, -0.2) is 16.9 Å². The third kappa shape index (κ3) is 7.80. The van der Waals surface area contributed by atoms with Gasteiger partial charge in [0.1, 0.15) is 16.5 Å². The van der Waals surface area contributed by atoms with E-state index in [9.17, 15) is 19.7 Å². The number of rotatable bonds is 11. The largest absolute Gasteiger partial charge is 0.423 e. The Bertz CT molecular complexity index is 1890. The summed E-state index contributed by atoms with van der Waals surface area (Å²) in [6.07, 6.45) is 4.54. The summed E-state index contributed by atoms with van der Waals surface area (Å²) in [4.78, 5) is 36.4. The Morgan fingerprint density at radius 2 is 1.35 bits per heavy atom. The van der Waals surface area contributed by atoms with E-state index < -0.39 is 16.9 Å². The molecule has 0 fully saturated rings. The second kappa shape index (κ2) is 14.9. The molecule has 232 valence electrons. The molecule has 0 atom stereocenters. The Balaban J connectivity index is 1.35. The summed E-state index contributed by atoms with van der Waals surface area (Å²) in [6, 6.07) is 31.5. The maximum atomic E-state index is 13.3. The lowest BCUT2D eigenvalue weighted by atomic mass is 9.92. The number of nitro groups is 1. The van der Waals surface area contributed by atoms with Crippen molar-refractivity contribution in [3.8, 4) is 33.8 Å². The molecule has 7 nitrogen and oxygen atoms in total. The number of ether oxygens (including phenoxy) is 2. The lowest BCUT2D eigenvalue weighted by molar-refractivity contribution is -0.384. The average molecular weight is 655 g/mol. The number of hydrogen-bond donors (Lipinski definition) is 0. The van der Waals surface area contributed by atoms with E-state index in [0.717, 1.165) is 41.2 Å². The Hall–Kier alpha value is -4.98. The zero-order valence-electron chi connectivity index (χ0n) is 24.9. The molecule has 0 N–H and O–H groups in total. The molecule has 5 aromatic rings. The second-order valence-corrected chi connectivity index (χ2v) is 11.4. The van der Waals surface area contributed by atoms with Crippen molar-refractivity contribution >= 4 is 40.8 Å². The number of halogens is 2. The Labute approximate surface area is 276 Å². The van der Waals surface area contributed by atoms with Crippen LogP contribution in [0.4, 0.5) is 5.69 Å². The first-order valence-electron chi connectivity index (χ1n) is 14.7. The van der Waals surface area contributed by atoms with Crippen LogP contribution in [0, 0.1) is 10.1 Å². The third-order valence-electron chi connectivity index (χ3n) is 7.37. The molecule has 0 aliphatic carbocycles. The normalized spacial score (nSPS) is 10.8. The predicted molar refractivity (Wildman–Crippen MR) is 180 cm³/mol. The maximum Gasteiger partial charge on any atom is 0.345 e. The molecular weight excluding hydrogens is 625 g/mol. The number of unbranched alkanes of at least 4 members (excludes halogenated alkanes) is 2. The Morgan fingerprint density at radius 3 is 2.00 bits per heavy atom. The van der Waals surface area contributed by atoms with Crippen LogP contribution in [0.15, 0.2) is 109 Å². The van der Waals surface area contributed by atoms with E-state index in [0.29, 0.717) is 5.56 Å². The van der Waals surface area contributed by atoms with Crippen molar-refractivity contribution in [2.45, 2.75) is 32.6 Å². The van der Waals surface area contributed by atoms with E-state index in [2.05, 4.69) is 31.2 Å². The van der Waals surface area contributed by atoms with Crippen LogP contribution in [0.25, 0.3) is 22.3 Å². The summed E-state index contributed by atoms with van der Waals surface area (Å²) in [6.45, 7) is 2.19. The van der Waals surface area contributed by atoms with Crippen LogP contribution in [0.5, 0.6) is 11.5 Å². The summed E-state index contributed by atoms with van der Waals surface area (Å²) < 4.78 is 10.9. The smallest absolute Gasteiger partial charge is 0.345 e. The molecule has 0 saturated carbocycles. The van der Waals surface area contributed by atoms with Crippen LogP contribution in [0.2, 0.25) is 10.0 Å². The molecule has 0 spiro atoms. The van der Waals surface area contributed by atoms with Gasteiger partial charge in [0, 0.05) is 18.2 Å². The van der Waals surface area contributed by atoms with E-state index in [1.165, 1.54) is 48.7 Å². The van der Waals surface area contributed by atoms with Crippen LogP contribution >= 0.6 is 23.2 Å². The molecule has 5 aromatic carbocycles. The number of nitro benzene ring substituents is 1. The molecule has 0 amide bonds. The second-order valence-electron chi connectivity index (χ2n) is 10.6. The highest BCUT2D eigenvalue weighted by molar-refractivity contribution is 6.34. The first kappa shape index (κ1) is 32.4. The molecule has 9 heteroatoms. The van der Waals surface area contributed by atoms with Crippen molar-refractivity contribution in [3.05, 3.63) is 146 Å². The van der Waals surface area contributed by atoms with E-state index in [1.807, 2.05) is 42.5 Å². The maximum absolute atomic E-state index is 13.3. The number of aryl methyl sites for hydroxylation is 1. The van der Waals surface area contributed by atoms with Crippen LogP contribution in [-0.2, 0) is 6.42 Å². The Morgan fingerprint density at radius 1 is 0.696 bits per heavy atom. The van der Waals surface area contributed by atoms with Gasteiger partial charge in [0.05, 0.1) is 21.1 Å². The topological polar surface area (TPSA) is 95.7 Å². The van der Waals surface area contributed by atoms with Gasteiger partial charge in [-0.15, -0.1) is 0 Å². The number of esters is 2. The van der Waals surface area contributed by atoms with Gasteiger partial charge in [-0.3, -0.25) is 10.1 Å².